The summed E-state index contributed by atoms with van der Waals surface area (Å²) in [6, 6.07) is 19.5. The van der Waals surface area contributed by atoms with Gasteiger partial charge in [-0.25, -0.2) is 33.6 Å². The molecule has 0 atom stereocenters. The van der Waals surface area contributed by atoms with E-state index in [2.05, 4.69) is 19.7 Å². The van der Waals surface area contributed by atoms with E-state index in [0.29, 0.717) is 50.4 Å². The van der Waals surface area contributed by atoms with Crippen LogP contribution in [0.1, 0.15) is 106 Å². The normalized spacial score (nSPS) is 13.3. The zero-order valence-electron chi connectivity index (χ0n) is 45.1. The van der Waals surface area contributed by atoms with E-state index in [4.69, 9.17) is 56.8 Å². The monoisotopic (exact) mass is 1130 g/mol. The van der Waals surface area contributed by atoms with Gasteiger partial charge in [0.2, 0.25) is 0 Å². The summed E-state index contributed by atoms with van der Waals surface area (Å²) in [6.45, 7) is 11.4. The first kappa shape index (κ1) is 63.2. The zero-order valence-corrected chi connectivity index (χ0v) is 45.1. The molecule has 4 aromatic rings. The molecular weight excluding hydrogens is 1070 g/mol. The molecule has 0 unspecified atom stereocenters. The summed E-state index contributed by atoms with van der Waals surface area (Å²) in [6.07, 6.45) is 6.28. The average molecular weight is 1140 g/mol. The SMILES string of the molecule is C=CC(=O)OCCCCOc1ccc(C(=O)Oc2ccc(OC(=O)C3CCC(C(=O)Oc4ccc(OC(=O)c5ccc(OCCCCOC(=O)C=C)cc5)c(C(=O)OCCOC(=O)CC)c4)CC3)cc2C(=O)OCCOC(=O)C=C)cc1. The van der Waals surface area contributed by atoms with Gasteiger partial charge in [0, 0.05) is 24.6 Å². The molecule has 1 aliphatic carbocycles. The summed E-state index contributed by atoms with van der Waals surface area (Å²) >= 11 is 0. The van der Waals surface area contributed by atoms with Crippen molar-refractivity contribution in [3.63, 3.8) is 0 Å². The molecule has 434 valence electrons. The Hall–Kier alpha value is -9.60. The maximum absolute atomic E-state index is 13.5. The first-order chi connectivity index (χ1) is 39.6. The third kappa shape index (κ3) is 21.2. The Bertz CT molecular complexity index is 2920. The van der Waals surface area contributed by atoms with Gasteiger partial charge in [0.05, 0.1) is 49.4 Å². The van der Waals surface area contributed by atoms with Crippen molar-refractivity contribution in [2.24, 2.45) is 11.8 Å². The van der Waals surface area contributed by atoms with Crippen LogP contribution in [0.15, 0.2) is 123 Å². The second kappa shape index (κ2) is 33.7. The highest BCUT2D eigenvalue weighted by atomic mass is 16.6. The summed E-state index contributed by atoms with van der Waals surface area (Å²) in [5.41, 5.74) is -0.375. The molecule has 1 fully saturated rings. The topological polar surface area (TPSA) is 281 Å². The molecule has 0 bridgehead atoms. The molecule has 82 heavy (non-hydrogen) atoms. The molecule has 0 spiro atoms. The number of hydrogen-bond acceptors (Lipinski definition) is 22. The Labute approximate surface area is 472 Å². The summed E-state index contributed by atoms with van der Waals surface area (Å²) in [5, 5.41) is 0. The average Bonchev–Trinajstić information content (AvgIpc) is 3.49. The van der Waals surface area contributed by atoms with Gasteiger partial charge in [0.15, 0.2) is 0 Å². The fourth-order valence-electron chi connectivity index (χ4n) is 7.43. The molecule has 0 radical (unpaired) electrons. The molecule has 0 N–H and O–H groups in total. The number of benzene rings is 4. The highest BCUT2D eigenvalue weighted by Gasteiger charge is 2.33. The van der Waals surface area contributed by atoms with E-state index < -0.39 is 71.5 Å². The molecule has 22 heteroatoms. The van der Waals surface area contributed by atoms with Crippen molar-refractivity contribution < 1.29 is 105 Å². The van der Waals surface area contributed by atoms with Gasteiger partial charge in [-0.2, -0.15) is 0 Å². The molecule has 1 aliphatic rings. The number of ether oxygens (including phenoxy) is 12. The van der Waals surface area contributed by atoms with Crippen molar-refractivity contribution in [2.75, 3.05) is 52.9 Å². The summed E-state index contributed by atoms with van der Waals surface area (Å²) < 4.78 is 64.3. The lowest BCUT2D eigenvalue weighted by atomic mass is 9.82. The van der Waals surface area contributed by atoms with Gasteiger partial charge >= 0.3 is 59.7 Å². The highest BCUT2D eigenvalue weighted by Crippen LogP contribution is 2.34. The summed E-state index contributed by atoms with van der Waals surface area (Å²) in [7, 11) is 0. The molecule has 0 aromatic heterocycles. The second-order valence-corrected chi connectivity index (χ2v) is 17.6. The van der Waals surface area contributed by atoms with Gasteiger partial charge in [-0.15, -0.1) is 0 Å². The van der Waals surface area contributed by atoms with Gasteiger partial charge in [-0.1, -0.05) is 26.7 Å². The minimum Gasteiger partial charge on any atom is -0.494 e. The number of carbonyl (C=O) groups excluding carboxylic acids is 10. The standard InChI is InChI=1S/C60H62O22/c1-5-51(61)73-31-11-9-29-71-43-21-17-41(18-22-43)57(67)81-49-27-25-45(37-47(49)59(69)77-35-33-75-53(63)7-3)79-55(65)39-13-15-40(16-14-39)56(66)80-46-26-28-50(48(38-46)60(70)78-36-34-76-54(64)8-4)82-58(68)42-19-23-44(24-20-42)72-30-10-12-32-74-52(62)6-2/h5-7,17-28,37-40H,1-3,8-16,29-36H2,4H3. The molecule has 4 aromatic carbocycles. The fraction of sp³-hybridized carbons (Fsp3) is 0.333. The van der Waals surface area contributed by atoms with E-state index in [1.165, 1.54) is 54.6 Å². The lowest BCUT2D eigenvalue weighted by molar-refractivity contribution is -0.145. The van der Waals surface area contributed by atoms with Gasteiger partial charge in [0.1, 0.15) is 72.1 Å². The molecular formula is C60H62O22. The van der Waals surface area contributed by atoms with E-state index >= 15 is 0 Å². The number of esters is 10. The maximum atomic E-state index is 13.5. The van der Waals surface area contributed by atoms with Crippen LogP contribution in [0.5, 0.6) is 34.5 Å². The van der Waals surface area contributed by atoms with E-state index in [1.807, 2.05) is 0 Å². The Morgan fingerprint density at radius 1 is 0.402 bits per heavy atom. The highest BCUT2D eigenvalue weighted by molar-refractivity contribution is 5.98. The smallest absolute Gasteiger partial charge is 0.343 e. The predicted molar refractivity (Wildman–Crippen MR) is 287 cm³/mol. The van der Waals surface area contributed by atoms with Crippen LogP contribution in [0, 0.1) is 11.8 Å². The third-order valence-electron chi connectivity index (χ3n) is 11.8. The minimum absolute atomic E-state index is 0.0878. The van der Waals surface area contributed by atoms with Crippen LogP contribution in [0.2, 0.25) is 0 Å². The molecule has 0 aliphatic heterocycles. The van der Waals surface area contributed by atoms with Crippen molar-refractivity contribution in [1.82, 2.24) is 0 Å². The number of hydrogen-bond donors (Lipinski definition) is 0. The predicted octanol–water partition coefficient (Wildman–Crippen LogP) is 8.21. The Morgan fingerprint density at radius 3 is 1.12 bits per heavy atom. The first-order valence-electron chi connectivity index (χ1n) is 26.1. The van der Waals surface area contributed by atoms with E-state index in [9.17, 15) is 47.9 Å². The minimum atomic E-state index is -1.00. The fourth-order valence-corrected chi connectivity index (χ4v) is 7.43. The lowest BCUT2D eigenvalue weighted by Gasteiger charge is -2.26. The van der Waals surface area contributed by atoms with Crippen molar-refractivity contribution in [3.8, 4) is 34.5 Å². The summed E-state index contributed by atoms with van der Waals surface area (Å²) in [5.74, 6) is -8.43. The van der Waals surface area contributed by atoms with E-state index in [1.54, 1.807) is 31.2 Å². The molecule has 22 nitrogen and oxygen atoms in total. The first-order valence-corrected chi connectivity index (χ1v) is 26.1. The second-order valence-electron chi connectivity index (χ2n) is 17.6. The van der Waals surface area contributed by atoms with Gasteiger partial charge < -0.3 is 56.8 Å². The van der Waals surface area contributed by atoms with Crippen molar-refractivity contribution in [1.29, 1.82) is 0 Å². The van der Waals surface area contributed by atoms with Gasteiger partial charge in [-0.3, -0.25) is 14.4 Å². The number of rotatable bonds is 32. The van der Waals surface area contributed by atoms with Gasteiger partial charge in [0.25, 0.3) is 0 Å². The van der Waals surface area contributed by atoms with E-state index in [-0.39, 0.29) is 117 Å². The van der Waals surface area contributed by atoms with Crippen LogP contribution in [-0.2, 0) is 57.2 Å². The number of carbonyl (C=O) groups is 10. The van der Waals surface area contributed by atoms with Crippen LogP contribution in [0.25, 0.3) is 0 Å². The maximum Gasteiger partial charge on any atom is 0.343 e. The molecule has 0 heterocycles. The lowest BCUT2D eigenvalue weighted by Crippen LogP contribution is -2.30. The molecule has 0 saturated heterocycles. The molecule has 5 rings (SSSR count). The van der Waals surface area contributed by atoms with Gasteiger partial charge in [-0.05, 0) is 136 Å². The van der Waals surface area contributed by atoms with Crippen LogP contribution in [-0.4, -0.2) is 113 Å². The third-order valence-corrected chi connectivity index (χ3v) is 11.8. The molecule has 1 saturated carbocycles. The number of unbranched alkanes of at least 4 members (excludes halogenated alkanes) is 2. The Kier molecular flexibility index (Phi) is 26.0. The van der Waals surface area contributed by atoms with Crippen LogP contribution < -0.4 is 28.4 Å². The van der Waals surface area contributed by atoms with Crippen LogP contribution >= 0.6 is 0 Å². The Morgan fingerprint density at radius 2 is 0.744 bits per heavy atom. The summed E-state index contributed by atoms with van der Waals surface area (Å²) in [4.78, 5) is 126. The van der Waals surface area contributed by atoms with Crippen molar-refractivity contribution in [3.05, 3.63) is 145 Å². The van der Waals surface area contributed by atoms with Crippen molar-refractivity contribution in [2.45, 2.75) is 64.7 Å². The van der Waals surface area contributed by atoms with E-state index in [0.717, 1.165) is 24.3 Å². The van der Waals surface area contributed by atoms with Crippen LogP contribution in [0.3, 0.4) is 0 Å². The van der Waals surface area contributed by atoms with Crippen LogP contribution in [0.4, 0.5) is 0 Å². The largest absolute Gasteiger partial charge is 0.494 e. The zero-order chi connectivity index (χ0) is 59.2. The molecule has 0 amide bonds. The van der Waals surface area contributed by atoms with Crippen molar-refractivity contribution >= 4 is 59.7 Å². The quantitative estimate of drug-likeness (QED) is 0.0146. The Balaban J connectivity index is 1.18.